The molecule has 5 N–H and O–H groups in total. The zero-order chi connectivity index (χ0) is 20.6. The summed E-state index contributed by atoms with van der Waals surface area (Å²) in [6.45, 7) is 3.82. The maximum atomic E-state index is 12.9. The molecule has 0 amide bonds. The van der Waals surface area contributed by atoms with Gasteiger partial charge in [-0.2, -0.15) is 13.2 Å². The topological polar surface area (TPSA) is 84.1 Å². The predicted molar refractivity (Wildman–Crippen MR) is 106 cm³/mol. The van der Waals surface area contributed by atoms with Crippen molar-refractivity contribution in [2.24, 2.45) is 5.73 Å². The lowest BCUT2D eigenvalue weighted by Crippen LogP contribution is -2.49. The van der Waals surface area contributed by atoms with Crippen molar-refractivity contribution in [1.29, 1.82) is 0 Å². The van der Waals surface area contributed by atoms with Crippen molar-refractivity contribution in [2.75, 3.05) is 29.9 Å². The van der Waals surface area contributed by atoms with E-state index in [0.717, 1.165) is 48.4 Å². The average Bonchev–Trinajstić information content (AvgIpc) is 3.30. The van der Waals surface area contributed by atoms with Crippen molar-refractivity contribution < 1.29 is 18.2 Å². The Morgan fingerprint density at radius 2 is 2.21 bits per heavy atom. The Labute approximate surface area is 166 Å². The maximum Gasteiger partial charge on any atom is 0.416 e. The number of aryl methyl sites for hydroxylation is 1. The van der Waals surface area contributed by atoms with E-state index in [0.29, 0.717) is 18.8 Å². The molecule has 0 aliphatic carbocycles. The number of halogens is 3. The molecular weight excluding hydrogens is 381 g/mol. The molecule has 1 atom stereocenters. The van der Waals surface area contributed by atoms with Crippen LogP contribution in [0.1, 0.15) is 24.5 Å². The number of nitrogens with two attached hydrogens (primary N) is 1. The van der Waals surface area contributed by atoms with E-state index in [1.807, 2.05) is 6.20 Å². The average molecular weight is 405 g/mol. The quantitative estimate of drug-likeness (QED) is 0.609. The normalized spacial score (nSPS) is 19.8. The first kappa shape index (κ1) is 19.5. The number of hydrogen-bond donors (Lipinski definition) is 3. The van der Waals surface area contributed by atoms with E-state index in [-0.39, 0.29) is 0 Å². The first-order valence-electron chi connectivity index (χ1n) is 9.61. The molecule has 3 heterocycles. The molecule has 0 saturated carbocycles. The highest BCUT2D eigenvalue weighted by Gasteiger charge is 2.39. The second-order valence-corrected chi connectivity index (χ2v) is 7.61. The van der Waals surface area contributed by atoms with Gasteiger partial charge in [0.25, 0.3) is 0 Å². The van der Waals surface area contributed by atoms with Gasteiger partial charge in [0, 0.05) is 24.8 Å². The fraction of sp³-hybridized carbons (Fsp3) is 0.400. The molecule has 0 radical (unpaired) electrons. The van der Waals surface area contributed by atoms with Gasteiger partial charge in [0.1, 0.15) is 5.39 Å². The van der Waals surface area contributed by atoms with Gasteiger partial charge in [0.05, 0.1) is 24.2 Å². The molecule has 0 spiro atoms. The van der Waals surface area contributed by atoms with Gasteiger partial charge in [-0.3, -0.25) is 4.90 Å². The summed E-state index contributed by atoms with van der Waals surface area (Å²) in [7, 11) is 0. The summed E-state index contributed by atoms with van der Waals surface area (Å²) in [6, 6.07) is 5.20. The summed E-state index contributed by atoms with van der Waals surface area (Å²) in [5.74, 6) is 0.972. The lowest BCUT2D eigenvalue weighted by molar-refractivity contribution is -0.366. The third-order valence-electron chi connectivity index (χ3n) is 5.49. The number of benzene rings is 1. The van der Waals surface area contributed by atoms with Crippen LogP contribution in [0.4, 0.5) is 24.7 Å². The molecule has 6 nitrogen and oxygen atoms in total. The molecule has 1 aromatic carbocycles. The van der Waals surface area contributed by atoms with Crippen LogP contribution in [0.2, 0.25) is 0 Å². The highest BCUT2D eigenvalue weighted by Crippen LogP contribution is 2.32. The van der Waals surface area contributed by atoms with Gasteiger partial charge in [0.15, 0.2) is 0 Å². The Kier molecular flexibility index (Phi) is 4.85. The summed E-state index contributed by atoms with van der Waals surface area (Å²) in [5, 5.41) is 4.15. The molecule has 3 aromatic rings. The number of fused-ring (bicyclic) bond motifs is 1. The Morgan fingerprint density at radius 3 is 2.97 bits per heavy atom. The van der Waals surface area contributed by atoms with E-state index < -0.39 is 17.3 Å². The van der Waals surface area contributed by atoms with Gasteiger partial charge in [-0.25, -0.2) is 4.98 Å². The van der Waals surface area contributed by atoms with Gasteiger partial charge in [-0.15, -0.1) is 0 Å². The molecule has 1 saturated heterocycles. The third kappa shape index (κ3) is 3.87. The Hall–Kier alpha value is -2.81. The van der Waals surface area contributed by atoms with Crippen LogP contribution in [0.5, 0.6) is 0 Å². The summed E-state index contributed by atoms with van der Waals surface area (Å²) in [4.78, 5) is 13.0. The number of H-pyrrole nitrogens is 2. The number of aromatic nitrogens is 3. The number of hydrogen-bond acceptors (Lipinski definition) is 4. The van der Waals surface area contributed by atoms with E-state index in [2.05, 4.69) is 32.1 Å². The van der Waals surface area contributed by atoms with Crippen LogP contribution in [0.15, 0.2) is 36.8 Å². The highest BCUT2D eigenvalue weighted by atomic mass is 19.4. The molecule has 1 unspecified atom stereocenters. The van der Waals surface area contributed by atoms with Crippen LogP contribution in [-0.4, -0.2) is 35.1 Å². The van der Waals surface area contributed by atoms with E-state index in [1.165, 1.54) is 11.6 Å². The standard InChI is InChI=1S/C20H23F3N6/c1-2-13-9-25-17-16(13)18(28-12-27-17)29-7-6-19(24,11-29)10-26-15-5-3-4-14(8-15)20(21,22)23/h3-5,8-9,12,26H,2,6-7,10-11,24H2,1H3,(H,25,27,28)/p+1. The molecule has 0 bridgehead atoms. The van der Waals surface area contributed by atoms with Crippen molar-refractivity contribution in [1.82, 2.24) is 9.97 Å². The highest BCUT2D eigenvalue weighted by molar-refractivity contribution is 5.89. The van der Waals surface area contributed by atoms with E-state index in [1.54, 1.807) is 12.4 Å². The summed E-state index contributed by atoms with van der Waals surface area (Å²) >= 11 is 0. The van der Waals surface area contributed by atoms with Crippen LogP contribution < -0.4 is 20.9 Å². The summed E-state index contributed by atoms with van der Waals surface area (Å²) in [6.07, 6.45) is 0.868. The van der Waals surface area contributed by atoms with E-state index >= 15 is 0 Å². The molecule has 29 heavy (non-hydrogen) atoms. The van der Waals surface area contributed by atoms with Crippen molar-refractivity contribution >= 4 is 22.5 Å². The first-order valence-corrected chi connectivity index (χ1v) is 9.61. The number of nitrogens with zero attached hydrogens (tertiary/aromatic N) is 2. The maximum absolute atomic E-state index is 12.9. The summed E-state index contributed by atoms with van der Waals surface area (Å²) < 4.78 is 38.7. The van der Waals surface area contributed by atoms with Crippen LogP contribution in [0.25, 0.3) is 11.0 Å². The van der Waals surface area contributed by atoms with Crippen LogP contribution in [0.3, 0.4) is 0 Å². The lowest BCUT2D eigenvalue weighted by atomic mass is 10.00. The van der Waals surface area contributed by atoms with E-state index in [9.17, 15) is 13.2 Å². The van der Waals surface area contributed by atoms with Crippen LogP contribution in [-0.2, 0) is 12.6 Å². The molecule has 9 heteroatoms. The minimum atomic E-state index is -4.36. The second-order valence-electron chi connectivity index (χ2n) is 7.61. The number of anilines is 2. The van der Waals surface area contributed by atoms with Gasteiger partial charge in [-0.1, -0.05) is 18.0 Å². The Balaban J connectivity index is 1.49. The molecule has 4 rings (SSSR count). The number of nitrogens with one attached hydrogen (secondary N) is 3. The zero-order valence-electron chi connectivity index (χ0n) is 16.1. The molecule has 2 aromatic heterocycles. The minimum absolute atomic E-state index is 0.382. The number of alkyl halides is 3. The lowest BCUT2D eigenvalue weighted by Gasteiger charge is -2.24. The van der Waals surface area contributed by atoms with Crippen LogP contribution >= 0.6 is 0 Å². The minimum Gasteiger partial charge on any atom is -0.383 e. The monoisotopic (exact) mass is 405 g/mol. The fourth-order valence-electron chi connectivity index (χ4n) is 3.89. The largest absolute Gasteiger partial charge is 0.416 e. The van der Waals surface area contributed by atoms with Gasteiger partial charge in [0.2, 0.25) is 17.8 Å². The molecular formula is C20H24F3N6+. The number of aromatic amines is 2. The van der Waals surface area contributed by atoms with Gasteiger partial charge in [-0.05, 0) is 30.2 Å². The smallest absolute Gasteiger partial charge is 0.383 e. The Morgan fingerprint density at radius 1 is 1.38 bits per heavy atom. The van der Waals surface area contributed by atoms with Crippen molar-refractivity contribution in [3.63, 3.8) is 0 Å². The SMILES string of the molecule is CCc1c[nH]c2nc[nH+]c(N3CCC(N)(CNc4cccc(C(F)(F)F)c4)C3)c12. The van der Waals surface area contributed by atoms with Gasteiger partial charge >= 0.3 is 6.18 Å². The van der Waals surface area contributed by atoms with Crippen molar-refractivity contribution in [3.8, 4) is 0 Å². The molecule has 1 aliphatic heterocycles. The van der Waals surface area contributed by atoms with Crippen molar-refractivity contribution in [2.45, 2.75) is 31.5 Å². The second kappa shape index (κ2) is 7.22. The first-order chi connectivity index (χ1) is 13.8. The molecule has 1 fully saturated rings. The van der Waals surface area contributed by atoms with Gasteiger partial charge < -0.3 is 16.0 Å². The number of rotatable bonds is 5. The zero-order valence-corrected chi connectivity index (χ0v) is 16.1. The predicted octanol–water partition coefficient (Wildman–Crippen LogP) is 2.98. The molecule has 154 valence electrons. The van der Waals surface area contributed by atoms with E-state index in [4.69, 9.17) is 5.73 Å². The fourth-order valence-corrected chi connectivity index (χ4v) is 3.89. The third-order valence-corrected chi connectivity index (χ3v) is 5.49. The Bertz CT molecular complexity index is 1010. The molecule has 1 aliphatic rings. The van der Waals surface area contributed by atoms with Crippen LogP contribution in [0, 0.1) is 0 Å². The van der Waals surface area contributed by atoms with Crippen molar-refractivity contribution in [3.05, 3.63) is 47.9 Å². The summed E-state index contributed by atoms with van der Waals surface area (Å²) in [5.41, 5.74) is 7.78.